The molecule has 30 heavy (non-hydrogen) atoms. The lowest BCUT2D eigenvalue weighted by molar-refractivity contribution is 0.0697. The standard InChI is InChI=1S/C24H28N4O2/c1-14-18(27-28(6)19(14)15-7-9-16(10-8-15)22(29)30)17-13-25-20-21(26-17)24(4,5)12-11-23(20,2)3/h7-10,13H,11-12H2,1-6H3,(H,29,30). The van der Waals surface area contributed by atoms with Crippen molar-refractivity contribution in [1.82, 2.24) is 19.7 Å². The second kappa shape index (κ2) is 6.76. The van der Waals surface area contributed by atoms with E-state index in [4.69, 9.17) is 20.2 Å². The molecule has 1 aliphatic carbocycles. The van der Waals surface area contributed by atoms with E-state index in [0.717, 1.165) is 52.4 Å². The molecular formula is C24H28N4O2. The summed E-state index contributed by atoms with van der Waals surface area (Å²) in [4.78, 5) is 21.1. The Bertz CT molecular complexity index is 1140. The first-order valence-corrected chi connectivity index (χ1v) is 10.3. The van der Waals surface area contributed by atoms with Gasteiger partial charge in [-0.15, -0.1) is 0 Å². The minimum absolute atomic E-state index is 0.0204. The van der Waals surface area contributed by atoms with E-state index in [1.54, 1.807) is 12.1 Å². The van der Waals surface area contributed by atoms with E-state index in [-0.39, 0.29) is 16.4 Å². The van der Waals surface area contributed by atoms with Gasteiger partial charge in [0.2, 0.25) is 0 Å². The smallest absolute Gasteiger partial charge is 0.335 e. The Morgan fingerprint density at radius 2 is 1.63 bits per heavy atom. The molecule has 0 aliphatic heterocycles. The molecule has 6 heteroatoms. The molecule has 6 nitrogen and oxygen atoms in total. The summed E-state index contributed by atoms with van der Waals surface area (Å²) in [6.45, 7) is 11.0. The highest BCUT2D eigenvalue weighted by Crippen LogP contribution is 2.44. The first-order chi connectivity index (χ1) is 14.0. The van der Waals surface area contributed by atoms with E-state index < -0.39 is 5.97 Å². The quantitative estimate of drug-likeness (QED) is 0.671. The number of nitrogens with zero attached hydrogens (tertiary/aromatic N) is 4. The van der Waals surface area contributed by atoms with Crippen LogP contribution < -0.4 is 0 Å². The Kier molecular flexibility index (Phi) is 4.56. The van der Waals surface area contributed by atoms with Crippen molar-refractivity contribution in [1.29, 1.82) is 0 Å². The van der Waals surface area contributed by atoms with Crippen molar-refractivity contribution >= 4 is 5.97 Å². The van der Waals surface area contributed by atoms with Crippen LogP contribution in [0.4, 0.5) is 0 Å². The van der Waals surface area contributed by atoms with Crippen molar-refractivity contribution in [2.45, 2.75) is 58.3 Å². The Hall–Kier alpha value is -3.02. The lowest BCUT2D eigenvalue weighted by Gasteiger charge is -2.39. The molecule has 0 bridgehead atoms. The van der Waals surface area contributed by atoms with E-state index >= 15 is 0 Å². The normalized spacial score (nSPS) is 16.9. The second-order valence-corrected chi connectivity index (χ2v) is 9.55. The van der Waals surface area contributed by atoms with E-state index in [2.05, 4.69) is 27.7 Å². The number of aryl methyl sites for hydroxylation is 1. The van der Waals surface area contributed by atoms with E-state index in [9.17, 15) is 4.79 Å². The van der Waals surface area contributed by atoms with Gasteiger partial charge in [0, 0.05) is 29.0 Å². The molecule has 4 rings (SSSR count). The molecule has 2 aromatic heterocycles. The summed E-state index contributed by atoms with van der Waals surface area (Å²) < 4.78 is 1.83. The third-order valence-electron chi connectivity index (χ3n) is 6.36. The molecule has 0 radical (unpaired) electrons. The third-order valence-corrected chi connectivity index (χ3v) is 6.36. The number of carboxylic acid groups (broad SMARTS) is 1. The number of benzene rings is 1. The molecule has 1 aliphatic rings. The van der Waals surface area contributed by atoms with Crippen LogP contribution in [0.25, 0.3) is 22.6 Å². The molecule has 2 heterocycles. The van der Waals surface area contributed by atoms with Gasteiger partial charge in [-0.25, -0.2) is 9.78 Å². The number of carboxylic acids is 1. The maximum Gasteiger partial charge on any atom is 0.335 e. The molecule has 1 aromatic carbocycles. The van der Waals surface area contributed by atoms with Crippen LogP contribution in [-0.2, 0) is 17.9 Å². The maximum atomic E-state index is 11.2. The minimum atomic E-state index is -0.932. The van der Waals surface area contributed by atoms with E-state index in [1.807, 2.05) is 37.0 Å². The number of hydrogen-bond acceptors (Lipinski definition) is 4. The molecule has 1 N–H and O–H groups in total. The van der Waals surface area contributed by atoms with Gasteiger partial charge in [-0.1, -0.05) is 39.8 Å². The molecule has 0 unspecified atom stereocenters. The zero-order valence-electron chi connectivity index (χ0n) is 18.4. The fourth-order valence-electron chi connectivity index (χ4n) is 4.38. The topological polar surface area (TPSA) is 80.9 Å². The molecule has 3 aromatic rings. The lowest BCUT2D eigenvalue weighted by Crippen LogP contribution is -2.36. The molecule has 0 amide bonds. The second-order valence-electron chi connectivity index (χ2n) is 9.55. The number of fused-ring (bicyclic) bond motifs is 1. The highest BCUT2D eigenvalue weighted by Gasteiger charge is 2.40. The van der Waals surface area contributed by atoms with Crippen LogP contribution in [-0.4, -0.2) is 30.8 Å². The Balaban J connectivity index is 1.82. The summed E-state index contributed by atoms with van der Waals surface area (Å²) in [5.41, 5.74) is 6.87. The fourth-order valence-corrected chi connectivity index (χ4v) is 4.38. The van der Waals surface area contributed by atoms with Gasteiger partial charge in [0.25, 0.3) is 0 Å². The monoisotopic (exact) mass is 404 g/mol. The summed E-state index contributed by atoms with van der Waals surface area (Å²) in [6.07, 6.45) is 4.02. The SMILES string of the molecule is Cc1c(-c2cnc3c(n2)C(C)(C)CCC3(C)C)nn(C)c1-c1ccc(C(=O)O)cc1. The molecule has 0 fully saturated rings. The van der Waals surface area contributed by atoms with Crippen LogP contribution in [0.5, 0.6) is 0 Å². The third kappa shape index (κ3) is 3.20. The first kappa shape index (κ1) is 20.3. The Morgan fingerprint density at radius 1 is 1.03 bits per heavy atom. The van der Waals surface area contributed by atoms with Gasteiger partial charge < -0.3 is 5.11 Å². The summed E-state index contributed by atoms with van der Waals surface area (Å²) >= 11 is 0. The van der Waals surface area contributed by atoms with Gasteiger partial charge in [0.1, 0.15) is 11.4 Å². The van der Waals surface area contributed by atoms with E-state index in [0.29, 0.717) is 0 Å². The van der Waals surface area contributed by atoms with Crippen molar-refractivity contribution < 1.29 is 9.90 Å². The number of rotatable bonds is 3. The van der Waals surface area contributed by atoms with Crippen LogP contribution in [0.3, 0.4) is 0 Å². The van der Waals surface area contributed by atoms with Crippen LogP contribution in [0.1, 0.15) is 67.8 Å². The van der Waals surface area contributed by atoms with Gasteiger partial charge in [-0.3, -0.25) is 9.67 Å². The number of hydrogen-bond donors (Lipinski definition) is 1. The maximum absolute atomic E-state index is 11.2. The molecule has 0 saturated carbocycles. The van der Waals surface area contributed by atoms with Crippen LogP contribution in [0.15, 0.2) is 30.5 Å². The van der Waals surface area contributed by atoms with Crippen molar-refractivity contribution in [2.24, 2.45) is 7.05 Å². The average molecular weight is 405 g/mol. The lowest BCUT2D eigenvalue weighted by atomic mass is 9.67. The largest absolute Gasteiger partial charge is 0.478 e. The highest BCUT2D eigenvalue weighted by molar-refractivity contribution is 5.88. The van der Waals surface area contributed by atoms with Gasteiger partial charge in [0.05, 0.1) is 28.8 Å². The Morgan fingerprint density at radius 3 is 2.23 bits per heavy atom. The van der Waals surface area contributed by atoms with Gasteiger partial charge in [0.15, 0.2) is 0 Å². The zero-order valence-corrected chi connectivity index (χ0v) is 18.4. The summed E-state index contributed by atoms with van der Waals surface area (Å²) in [7, 11) is 1.90. The Labute approximate surface area is 177 Å². The number of aromatic carboxylic acids is 1. The zero-order chi connectivity index (χ0) is 21.8. The molecule has 0 spiro atoms. The van der Waals surface area contributed by atoms with Gasteiger partial charge in [-0.2, -0.15) is 5.10 Å². The van der Waals surface area contributed by atoms with Gasteiger partial charge in [-0.05, 0) is 31.9 Å². The predicted molar refractivity (Wildman–Crippen MR) is 117 cm³/mol. The van der Waals surface area contributed by atoms with Crippen LogP contribution in [0, 0.1) is 6.92 Å². The number of aromatic nitrogens is 4. The minimum Gasteiger partial charge on any atom is -0.478 e. The fraction of sp³-hybridized carbons (Fsp3) is 0.417. The molecule has 156 valence electrons. The first-order valence-electron chi connectivity index (χ1n) is 10.3. The van der Waals surface area contributed by atoms with Crippen LogP contribution in [0.2, 0.25) is 0 Å². The van der Waals surface area contributed by atoms with Crippen molar-refractivity contribution in [3.63, 3.8) is 0 Å². The molecular weight excluding hydrogens is 376 g/mol. The average Bonchev–Trinajstić information content (AvgIpc) is 2.99. The van der Waals surface area contributed by atoms with Crippen molar-refractivity contribution in [2.75, 3.05) is 0 Å². The van der Waals surface area contributed by atoms with E-state index in [1.165, 1.54) is 0 Å². The van der Waals surface area contributed by atoms with Crippen LogP contribution >= 0.6 is 0 Å². The molecule has 0 atom stereocenters. The van der Waals surface area contributed by atoms with Crippen molar-refractivity contribution in [3.8, 4) is 22.6 Å². The molecule has 0 saturated heterocycles. The summed E-state index contributed by atoms with van der Waals surface area (Å²) in [5.74, 6) is -0.932. The predicted octanol–water partition coefficient (Wildman–Crippen LogP) is 4.90. The van der Waals surface area contributed by atoms with Gasteiger partial charge >= 0.3 is 5.97 Å². The summed E-state index contributed by atoms with van der Waals surface area (Å²) in [5, 5.41) is 13.9. The summed E-state index contributed by atoms with van der Waals surface area (Å²) in [6, 6.07) is 6.88. The highest BCUT2D eigenvalue weighted by atomic mass is 16.4. The van der Waals surface area contributed by atoms with Crippen molar-refractivity contribution in [3.05, 3.63) is 53.0 Å². The number of carbonyl (C=O) groups is 1.